The first-order valence-electron chi connectivity index (χ1n) is 11.9. The molecule has 1 atom stereocenters. The molecule has 1 unspecified atom stereocenters. The molecule has 0 aliphatic carbocycles. The van der Waals surface area contributed by atoms with E-state index in [0.717, 1.165) is 52.6 Å². The molecule has 6 rings (SSSR count). The summed E-state index contributed by atoms with van der Waals surface area (Å²) in [6, 6.07) is 17.0. The van der Waals surface area contributed by atoms with Crippen LogP contribution in [0.5, 0.6) is 0 Å². The fourth-order valence-corrected chi connectivity index (χ4v) is 4.41. The van der Waals surface area contributed by atoms with E-state index in [4.69, 9.17) is 9.72 Å². The first-order valence-corrected chi connectivity index (χ1v) is 11.9. The second kappa shape index (κ2) is 9.13. The Hall–Kier alpha value is -4.17. The molecule has 0 spiro atoms. The summed E-state index contributed by atoms with van der Waals surface area (Å²) in [6.07, 6.45) is 5.09. The van der Waals surface area contributed by atoms with Crippen LogP contribution in [-0.4, -0.2) is 39.0 Å². The molecule has 0 saturated carbocycles. The van der Waals surface area contributed by atoms with Crippen molar-refractivity contribution < 1.29 is 9.13 Å². The van der Waals surface area contributed by atoms with Crippen LogP contribution in [0.3, 0.4) is 0 Å². The molecule has 1 saturated heterocycles. The molecule has 4 heterocycles. The highest BCUT2D eigenvalue weighted by Gasteiger charge is 2.21. The summed E-state index contributed by atoms with van der Waals surface area (Å²) in [5.74, 6) is 0.630. The molecule has 0 N–H and O–H groups in total. The van der Waals surface area contributed by atoms with Crippen molar-refractivity contribution in [1.82, 2.24) is 19.5 Å². The third-order valence-electron chi connectivity index (χ3n) is 6.47. The van der Waals surface area contributed by atoms with Crippen molar-refractivity contribution in [3.05, 3.63) is 89.1 Å². The number of halogens is 1. The van der Waals surface area contributed by atoms with Crippen molar-refractivity contribution in [3.8, 4) is 16.8 Å². The smallest absolute Gasteiger partial charge is 0.265 e. The second-order valence-corrected chi connectivity index (χ2v) is 8.93. The third-order valence-corrected chi connectivity index (χ3v) is 6.47. The van der Waals surface area contributed by atoms with Gasteiger partial charge < -0.3 is 9.64 Å². The minimum absolute atomic E-state index is 0.157. The minimum atomic E-state index is -1.34. The van der Waals surface area contributed by atoms with Crippen LogP contribution in [0.4, 0.5) is 10.3 Å². The number of nitrogens with zero attached hydrogens (tertiary/aromatic N) is 5. The lowest BCUT2D eigenvalue weighted by atomic mass is 10.0. The van der Waals surface area contributed by atoms with Gasteiger partial charge in [-0.25, -0.2) is 14.4 Å². The number of fused-ring (bicyclic) bond motifs is 2. The average molecular weight is 482 g/mol. The predicted molar refractivity (Wildman–Crippen MR) is 138 cm³/mol. The van der Waals surface area contributed by atoms with Gasteiger partial charge in [0.05, 0.1) is 23.2 Å². The zero-order valence-corrected chi connectivity index (χ0v) is 19.8. The summed E-state index contributed by atoms with van der Waals surface area (Å²) in [5, 5.41) is 1.71. The van der Waals surface area contributed by atoms with Gasteiger partial charge >= 0.3 is 0 Å². The van der Waals surface area contributed by atoms with E-state index in [1.807, 2.05) is 54.6 Å². The molecule has 0 radical (unpaired) electrons. The van der Waals surface area contributed by atoms with Crippen molar-refractivity contribution in [2.24, 2.45) is 0 Å². The van der Waals surface area contributed by atoms with E-state index in [2.05, 4.69) is 14.9 Å². The quantitative estimate of drug-likeness (QED) is 0.338. The number of rotatable bonds is 6. The van der Waals surface area contributed by atoms with E-state index in [-0.39, 0.29) is 12.2 Å². The van der Waals surface area contributed by atoms with Gasteiger partial charge in [0.2, 0.25) is 5.95 Å². The van der Waals surface area contributed by atoms with Gasteiger partial charge in [0, 0.05) is 48.1 Å². The van der Waals surface area contributed by atoms with Crippen LogP contribution >= 0.6 is 0 Å². The van der Waals surface area contributed by atoms with E-state index in [1.54, 1.807) is 23.2 Å². The van der Waals surface area contributed by atoms with Gasteiger partial charge in [-0.15, -0.1) is 0 Å². The zero-order valence-electron chi connectivity index (χ0n) is 19.8. The largest absolute Gasteiger partial charge is 0.344 e. The SMILES string of the molecule is CC(F)OCc1ccc(-c2c(=O)n(-c3ccc4ncccc4c3)cc3cnc(N4CCC4)nc23)cc1. The van der Waals surface area contributed by atoms with Crippen LogP contribution in [0.15, 0.2) is 78.0 Å². The molecule has 0 amide bonds. The van der Waals surface area contributed by atoms with Crippen LogP contribution < -0.4 is 10.5 Å². The van der Waals surface area contributed by atoms with Gasteiger partial charge in [-0.3, -0.25) is 14.3 Å². The lowest BCUT2D eigenvalue weighted by Gasteiger charge is -2.30. The van der Waals surface area contributed by atoms with Crippen molar-refractivity contribution >= 4 is 27.8 Å². The van der Waals surface area contributed by atoms with Gasteiger partial charge in [0.1, 0.15) is 0 Å². The molecule has 7 nitrogen and oxygen atoms in total. The van der Waals surface area contributed by atoms with E-state index < -0.39 is 6.36 Å². The molecular formula is C28H24FN5O2. The van der Waals surface area contributed by atoms with E-state index in [9.17, 15) is 9.18 Å². The summed E-state index contributed by atoms with van der Waals surface area (Å²) in [4.78, 5) is 29.9. The molecule has 180 valence electrons. The summed E-state index contributed by atoms with van der Waals surface area (Å²) < 4.78 is 19.8. The maximum absolute atomic E-state index is 14.0. The minimum Gasteiger partial charge on any atom is -0.344 e. The highest BCUT2D eigenvalue weighted by Crippen LogP contribution is 2.28. The number of alkyl halides is 1. The molecule has 5 aromatic rings. The van der Waals surface area contributed by atoms with Crippen LogP contribution in [0.2, 0.25) is 0 Å². The number of anilines is 1. The monoisotopic (exact) mass is 481 g/mol. The molecule has 2 aromatic carbocycles. The third kappa shape index (κ3) is 4.09. The summed E-state index contributed by atoms with van der Waals surface area (Å²) in [6.45, 7) is 3.32. The molecule has 36 heavy (non-hydrogen) atoms. The summed E-state index contributed by atoms with van der Waals surface area (Å²) >= 11 is 0. The van der Waals surface area contributed by atoms with Gasteiger partial charge in [-0.05, 0) is 48.7 Å². The number of pyridine rings is 2. The normalized spacial score (nSPS) is 14.2. The molecule has 0 bridgehead atoms. The molecule has 1 aliphatic rings. The van der Waals surface area contributed by atoms with Crippen molar-refractivity contribution in [2.75, 3.05) is 18.0 Å². The molecule has 1 fully saturated rings. The van der Waals surface area contributed by atoms with E-state index in [1.165, 1.54) is 6.92 Å². The lowest BCUT2D eigenvalue weighted by molar-refractivity contribution is -0.0349. The Morgan fingerprint density at radius 1 is 1.06 bits per heavy atom. The predicted octanol–water partition coefficient (Wildman–Crippen LogP) is 5.04. The Kier molecular flexibility index (Phi) is 5.65. The van der Waals surface area contributed by atoms with Crippen LogP contribution in [0.25, 0.3) is 38.6 Å². The molecular weight excluding hydrogens is 457 g/mol. The Morgan fingerprint density at radius 2 is 1.89 bits per heavy atom. The summed E-state index contributed by atoms with van der Waals surface area (Å²) in [7, 11) is 0. The molecule has 8 heteroatoms. The average Bonchev–Trinajstić information content (AvgIpc) is 2.86. The van der Waals surface area contributed by atoms with Crippen LogP contribution in [0, 0.1) is 0 Å². The van der Waals surface area contributed by atoms with Gasteiger partial charge in [0.25, 0.3) is 5.56 Å². The topological polar surface area (TPSA) is 73.1 Å². The van der Waals surface area contributed by atoms with Crippen LogP contribution in [-0.2, 0) is 11.3 Å². The second-order valence-electron chi connectivity index (χ2n) is 8.93. The number of hydrogen-bond acceptors (Lipinski definition) is 6. The van der Waals surface area contributed by atoms with E-state index >= 15 is 0 Å². The van der Waals surface area contributed by atoms with Gasteiger partial charge in [-0.1, -0.05) is 30.3 Å². The maximum Gasteiger partial charge on any atom is 0.265 e. The van der Waals surface area contributed by atoms with Gasteiger partial charge in [0.15, 0.2) is 6.36 Å². The van der Waals surface area contributed by atoms with E-state index in [0.29, 0.717) is 17.0 Å². The fraction of sp³-hybridized carbons (Fsp3) is 0.214. The number of hydrogen-bond donors (Lipinski definition) is 0. The Labute approximate surface area is 206 Å². The molecule has 3 aromatic heterocycles. The fourth-order valence-electron chi connectivity index (χ4n) is 4.41. The van der Waals surface area contributed by atoms with Crippen molar-refractivity contribution in [3.63, 3.8) is 0 Å². The van der Waals surface area contributed by atoms with Gasteiger partial charge in [-0.2, -0.15) is 0 Å². The molecule has 1 aliphatic heterocycles. The Morgan fingerprint density at radius 3 is 2.64 bits per heavy atom. The standard InChI is InChI=1S/C28H24FN5O2/c1-18(29)36-17-19-5-7-20(8-6-19)25-26-22(15-31-28(32-26)33-12-3-13-33)16-34(27(25)35)23-9-10-24-21(14-23)4-2-11-30-24/h2,4-11,14-16,18H,3,12-13,17H2,1H3. The van der Waals surface area contributed by atoms with Crippen molar-refractivity contribution in [1.29, 1.82) is 0 Å². The number of aromatic nitrogens is 4. The Balaban J connectivity index is 1.53. The van der Waals surface area contributed by atoms with Crippen molar-refractivity contribution in [2.45, 2.75) is 26.3 Å². The zero-order chi connectivity index (χ0) is 24.6. The highest BCUT2D eigenvalue weighted by atomic mass is 19.1. The number of ether oxygens (including phenoxy) is 1. The highest BCUT2D eigenvalue weighted by molar-refractivity contribution is 5.93. The number of benzene rings is 2. The van der Waals surface area contributed by atoms with Crippen LogP contribution in [0.1, 0.15) is 18.9 Å². The maximum atomic E-state index is 14.0. The first-order chi connectivity index (χ1) is 17.6. The first kappa shape index (κ1) is 22.3. The lowest BCUT2D eigenvalue weighted by Crippen LogP contribution is -2.38. The summed E-state index contributed by atoms with van der Waals surface area (Å²) in [5.41, 5.74) is 4.07. The Bertz CT molecular complexity index is 1630.